The number of carbonyl (C=O) groups is 12. The fraction of sp³-hybridized carbons (Fsp3) is 0.743. The Morgan fingerprint density at radius 2 is 0.387 bits per heavy atom. The predicted octanol–water partition coefficient (Wildman–Crippen LogP) is 0.312. The van der Waals surface area contributed by atoms with E-state index in [0.717, 1.165) is 0 Å². The highest BCUT2D eigenvalue weighted by atomic mass is 32.2. The molecular formula is C70H110N8O24S4. The molecule has 0 N–H and O–H groups in total. The third-order valence-electron chi connectivity index (χ3n) is 16.3. The summed E-state index contributed by atoms with van der Waals surface area (Å²) in [7, 11) is 0. The summed E-state index contributed by atoms with van der Waals surface area (Å²) in [5, 5.41) is 0. The van der Waals surface area contributed by atoms with Crippen molar-refractivity contribution in [3.63, 3.8) is 0 Å². The minimum atomic E-state index is -0.588. The molecule has 4 aliphatic rings. The monoisotopic (exact) mass is 1570 g/mol. The number of hydrogen-bond acceptors (Lipinski definition) is 28. The molecule has 0 unspecified atom stereocenters. The molecule has 8 amide bonds. The van der Waals surface area contributed by atoms with Crippen LogP contribution in [0.3, 0.4) is 0 Å². The Labute approximate surface area is 639 Å². The standard InChI is InChI=1S/C70H110N8O24S4/c1-55(79)47-99-33-29-91-21-25-95-37-41-103-51-63(83)71-5-13-75(14-6-71)67(87)59-45-61(69(89)77-17-9-73(10-18-77)65(85)53-105-43-39-97-27-23-93-31-35-101-49-57(3)81)62(70(90)78-19-11-74(12-20-78)66(86)54-106-44-40-98-28-24-94-32-36-102-50-58(4)82)46-60(59)68(88)76-15-7-72(8-16-76)64(84)52-104-42-38-96-26-22-92-30-34-100-48-56(2)80/h45-46H,5-44,47-54H2,1-4H3. The molecule has 0 aliphatic carbocycles. The molecule has 0 spiro atoms. The van der Waals surface area contributed by atoms with Crippen molar-refractivity contribution < 1.29 is 114 Å². The minimum absolute atomic E-state index is 0.0382. The quantitative estimate of drug-likeness (QED) is 0.0792. The van der Waals surface area contributed by atoms with Crippen molar-refractivity contribution >= 4 is 117 Å². The fourth-order valence-electron chi connectivity index (χ4n) is 10.7. The number of Topliss-reactive ketones (excluding diaryl/α,β-unsaturated/α-hetero) is 4. The Bertz CT molecular complexity index is 2510. The summed E-state index contributed by atoms with van der Waals surface area (Å²) in [6.07, 6.45) is 0. The fourth-order valence-corrected chi connectivity index (χ4v) is 13.7. The van der Waals surface area contributed by atoms with Gasteiger partial charge >= 0.3 is 0 Å². The minimum Gasteiger partial charge on any atom is -0.378 e. The largest absolute Gasteiger partial charge is 0.378 e. The lowest BCUT2D eigenvalue weighted by Crippen LogP contribution is -2.53. The first-order valence-corrected chi connectivity index (χ1v) is 40.6. The van der Waals surface area contributed by atoms with Crippen LogP contribution in [-0.2, 0) is 95.2 Å². The average molecular weight is 1580 g/mol. The number of benzene rings is 1. The van der Waals surface area contributed by atoms with Crippen LogP contribution < -0.4 is 0 Å². The van der Waals surface area contributed by atoms with Gasteiger partial charge in [-0.25, -0.2) is 0 Å². The van der Waals surface area contributed by atoms with Gasteiger partial charge in [-0.2, -0.15) is 0 Å². The molecule has 4 fully saturated rings. The van der Waals surface area contributed by atoms with E-state index in [2.05, 4.69) is 0 Å². The molecule has 36 heteroatoms. The van der Waals surface area contributed by atoms with Crippen LogP contribution in [0.4, 0.5) is 0 Å². The van der Waals surface area contributed by atoms with Crippen LogP contribution in [0.2, 0.25) is 0 Å². The second kappa shape index (κ2) is 55.1. The number of rotatable bonds is 56. The number of thioether (sulfide) groups is 4. The van der Waals surface area contributed by atoms with Crippen LogP contribution in [0.15, 0.2) is 12.1 Å². The number of carbonyl (C=O) groups excluding carboxylic acids is 12. The van der Waals surface area contributed by atoms with Gasteiger partial charge in [0.05, 0.1) is 177 Å². The van der Waals surface area contributed by atoms with Crippen molar-refractivity contribution in [1.82, 2.24) is 39.2 Å². The van der Waals surface area contributed by atoms with E-state index in [1.807, 2.05) is 0 Å². The van der Waals surface area contributed by atoms with E-state index in [1.54, 1.807) is 19.6 Å². The Morgan fingerprint density at radius 3 is 0.557 bits per heavy atom. The van der Waals surface area contributed by atoms with Gasteiger partial charge in [0, 0.05) is 128 Å². The third kappa shape index (κ3) is 37.3. The zero-order chi connectivity index (χ0) is 76.5. The summed E-state index contributed by atoms with van der Waals surface area (Å²) in [5.74, 6) is -0.243. The lowest BCUT2D eigenvalue weighted by atomic mass is 9.94. The molecule has 32 nitrogen and oxygen atoms in total. The predicted molar refractivity (Wildman–Crippen MR) is 398 cm³/mol. The molecule has 106 heavy (non-hydrogen) atoms. The molecular weight excluding hydrogens is 1470 g/mol. The van der Waals surface area contributed by atoms with Gasteiger partial charge in [-0.15, -0.1) is 47.0 Å². The molecule has 4 saturated heterocycles. The lowest BCUT2D eigenvalue weighted by molar-refractivity contribution is -0.130. The van der Waals surface area contributed by atoms with Crippen molar-refractivity contribution in [2.45, 2.75) is 27.7 Å². The van der Waals surface area contributed by atoms with Crippen LogP contribution in [0.25, 0.3) is 0 Å². The van der Waals surface area contributed by atoms with Gasteiger partial charge in [-0.1, -0.05) is 0 Å². The van der Waals surface area contributed by atoms with Crippen LogP contribution >= 0.6 is 47.0 Å². The Balaban J connectivity index is 1.27. The number of ether oxygens (including phenoxy) is 12. The molecule has 5 rings (SSSR count). The second-order valence-corrected chi connectivity index (χ2v) is 29.2. The molecule has 0 bridgehead atoms. The van der Waals surface area contributed by atoms with Gasteiger partial charge in [0.1, 0.15) is 26.4 Å². The summed E-state index contributed by atoms with van der Waals surface area (Å²) in [4.78, 5) is 172. The van der Waals surface area contributed by atoms with Gasteiger partial charge in [-0.3, -0.25) is 57.5 Å². The molecule has 0 saturated carbocycles. The highest BCUT2D eigenvalue weighted by Gasteiger charge is 2.37. The van der Waals surface area contributed by atoms with E-state index in [0.29, 0.717) is 155 Å². The van der Waals surface area contributed by atoms with Gasteiger partial charge in [0.15, 0.2) is 23.1 Å². The van der Waals surface area contributed by atoms with E-state index in [1.165, 1.54) is 106 Å². The zero-order valence-corrected chi connectivity index (χ0v) is 65.4. The number of amides is 8. The number of nitrogens with zero attached hydrogens (tertiary/aromatic N) is 8. The van der Waals surface area contributed by atoms with Crippen LogP contribution in [0.5, 0.6) is 0 Å². The van der Waals surface area contributed by atoms with Crippen LogP contribution in [-0.4, -0.2) is 419 Å². The molecule has 0 radical (unpaired) electrons. The molecule has 4 aliphatic heterocycles. The maximum atomic E-state index is 15.3. The Kier molecular flexibility index (Phi) is 47.4. The Morgan fingerprint density at radius 1 is 0.236 bits per heavy atom. The molecule has 1 aromatic carbocycles. The van der Waals surface area contributed by atoms with Crippen molar-refractivity contribution in [1.29, 1.82) is 0 Å². The van der Waals surface area contributed by atoms with Crippen LogP contribution in [0, 0.1) is 0 Å². The van der Waals surface area contributed by atoms with Crippen molar-refractivity contribution in [3.8, 4) is 0 Å². The van der Waals surface area contributed by atoms with E-state index in [9.17, 15) is 38.4 Å². The van der Waals surface area contributed by atoms with E-state index in [4.69, 9.17) is 56.8 Å². The molecule has 0 aromatic heterocycles. The number of ketones is 4. The highest BCUT2D eigenvalue weighted by Crippen LogP contribution is 2.27. The lowest BCUT2D eigenvalue weighted by Gasteiger charge is -2.38. The summed E-state index contributed by atoms with van der Waals surface area (Å²) in [5.41, 5.74) is -0.475. The first kappa shape index (κ1) is 91.2. The SMILES string of the molecule is CC(=O)COCCOCCOCCSCC(=O)N1CCN(C(=O)c2cc(C(=O)N3CCN(C(=O)CSCCOCCOCCOCC(C)=O)CC3)c(C(=O)N3CCN(C(=O)CSCCOCCOCCOCC(C)=O)CC3)cc2C(=O)N2CCN(C(=O)CSCCOCCOCCOCC(C)=O)CC2)CC1. The van der Waals surface area contributed by atoms with Crippen molar-refractivity contribution in [3.05, 3.63) is 34.4 Å². The van der Waals surface area contributed by atoms with E-state index in [-0.39, 0.29) is 223 Å². The van der Waals surface area contributed by atoms with Crippen molar-refractivity contribution in [2.24, 2.45) is 0 Å². The smallest absolute Gasteiger partial charge is 0.254 e. The van der Waals surface area contributed by atoms with E-state index < -0.39 is 23.6 Å². The maximum Gasteiger partial charge on any atom is 0.254 e. The molecule has 598 valence electrons. The normalized spacial score (nSPS) is 15.0. The maximum absolute atomic E-state index is 15.3. The second-order valence-electron chi connectivity index (χ2n) is 24.8. The first-order chi connectivity index (χ1) is 51.3. The van der Waals surface area contributed by atoms with Gasteiger partial charge in [-0.05, 0) is 39.8 Å². The summed E-state index contributed by atoms with van der Waals surface area (Å²) < 4.78 is 65.2. The van der Waals surface area contributed by atoms with Crippen molar-refractivity contribution in [2.75, 3.05) is 309 Å². The zero-order valence-electron chi connectivity index (χ0n) is 62.1. The molecule has 0 atom stereocenters. The Hall–Kier alpha value is -5.42. The first-order valence-electron chi connectivity index (χ1n) is 36.0. The van der Waals surface area contributed by atoms with Gasteiger partial charge in [0.25, 0.3) is 23.6 Å². The summed E-state index contributed by atoms with van der Waals surface area (Å²) in [6.45, 7) is 15.0. The molecule has 4 heterocycles. The van der Waals surface area contributed by atoms with E-state index >= 15 is 19.2 Å². The molecule has 1 aromatic rings. The number of piperazine rings is 4. The van der Waals surface area contributed by atoms with Gasteiger partial charge in [0.2, 0.25) is 23.6 Å². The van der Waals surface area contributed by atoms with Gasteiger partial charge < -0.3 is 96.0 Å². The highest BCUT2D eigenvalue weighted by molar-refractivity contribution is 8.00. The summed E-state index contributed by atoms with van der Waals surface area (Å²) in [6, 6.07) is 2.69. The number of hydrogen-bond donors (Lipinski definition) is 0. The topological polar surface area (TPSA) is 342 Å². The van der Waals surface area contributed by atoms with Crippen LogP contribution in [0.1, 0.15) is 69.1 Å². The summed E-state index contributed by atoms with van der Waals surface area (Å²) >= 11 is 5.64. The average Bonchev–Trinajstić information content (AvgIpc) is 0.762. The third-order valence-corrected chi connectivity index (χ3v) is 20.0.